The molecule has 0 heterocycles. The summed E-state index contributed by atoms with van der Waals surface area (Å²) >= 11 is 0. The standard InChI is InChI=1S/C9H11NO2/c1-12-8-4-2-7(3-5-8)9(10)6-11/h2-6,11H,10H2,1H3/b9-6-. The van der Waals surface area contributed by atoms with Gasteiger partial charge in [0.15, 0.2) is 0 Å². The molecule has 0 saturated heterocycles. The lowest BCUT2D eigenvalue weighted by Crippen LogP contribution is -1.95. The first-order valence-electron chi connectivity index (χ1n) is 3.52. The van der Waals surface area contributed by atoms with Crippen molar-refractivity contribution in [2.24, 2.45) is 5.73 Å². The Bertz CT molecular complexity index is 277. The fourth-order valence-corrected chi connectivity index (χ4v) is 0.858. The number of hydrogen-bond donors (Lipinski definition) is 2. The fourth-order valence-electron chi connectivity index (χ4n) is 0.858. The highest BCUT2D eigenvalue weighted by Gasteiger charge is 1.95. The Balaban J connectivity index is 2.92. The highest BCUT2D eigenvalue weighted by molar-refractivity contribution is 5.61. The molecule has 3 N–H and O–H groups in total. The van der Waals surface area contributed by atoms with Crippen LogP contribution in [-0.2, 0) is 0 Å². The van der Waals surface area contributed by atoms with Gasteiger partial charge in [-0.3, -0.25) is 0 Å². The molecule has 0 amide bonds. The van der Waals surface area contributed by atoms with Crippen molar-refractivity contribution in [1.82, 2.24) is 0 Å². The molecule has 1 aromatic rings. The first-order valence-corrected chi connectivity index (χ1v) is 3.52. The summed E-state index contributed by atoms with van der Waals surface area (Å²) in [6.45, 7) is 0. The molecular formula is C9H11NO2. The molecule has 0 aliphatic rings. The van der Waals surface area contributed by atoms with E-state index in [0.717, 1.165) is 17.6 Å². The fraction of sp³-hybridized carbons (Fsp3) is 0.111. The van der Waals surface area contributed by atoms with Gasteiger partial charge in [0.2, 0.25) is 0 Å². The predicted octanol–water partition coefficient (Wildman–Crippen LogP) is 1.51. The van der Waals surface area contributed by atoms with Crippen LogP contribution in [0, 0.1) is 0 Å². The molecule has 64 valence electrons. The Morgan fingerprint density at radius 2 is 2.00 bits per heavy atom. The summed E-state index contributed by atoms with van der Waals surface area (Å²) in [6.07, 6.45) is 0.877. The van der Waals surface area contributed by atoms with Crippen molar-refractivity contribution in [2.45, 2.75) is 0 Å². The summed E-state index contributed by atoms with van der Waals surface area (Å²) in [5.74, 6) is 0.768. The Hall–Kier alpha value is -1.64. The molecule has 1 aromatic carbocycles. The number of rotatable bonds is 2. The second-order valence-electron chi connectivity index (χ2n) is 2.31. The van der Waals surface area contributed by atoms with Gasteiger partial charge in [-0.1, -0.05) is 0 Å². The van der Waals surface area contributed by atoms with Crippen LogP contribution in [0.2, 0.25) is 0 Å². The van der Waals surface area contributed by atoms with E-state index in [4.69, 9.17) is 15.6 Å². The molecule has 1 rings (SSSR count). The van der Waals surface area contributed by atoms with Crippen LogP contribution < -0.4 is 10.5 Å². The summed E-state index contributed by atoms with van der Waals surface area (Å²) in [7, 11) is 1.60. The molecule has 0 fully saturated rings. The van der Waals surface area contributed by atoms with Crippen molar-refractivity contribution in [3.05, 3.63) is 36.1 Å². The molecule has 0 unspecified atom stereocenters. The number of benzene rings is 1. The second kappa shape index (κ2) is 3.67. The van der Waals surface area contributed by atoms with Gasteiger partial charge in [-0.25, -0.2) is 0 Å². The van der Waals surface area contributed by atoms with Crippen LogP contribution in [-0.4, -0.2) is 12.2 Å². The minimum atomic E-state index is 0.345. The Morgan fingerprint density at radius 3 is 2.42 bits per heavy atom. The van der Waals surface area contributed by atoms with Crippen molar-refractivity contribution in [2.75, 3.05) is 7.11 Å². The van der Waals surface area contributed by atoms with Gasteiger partial charge in [0.1, 0.15) is 12.0 Å². The highest BCUT2D eigenvalue weighted by atomic mass is 16.5. The number of nitrogens with two attached hydrogens (primary N) is 1. The van der Waals surface area contributed by atoms with Crippen LogP contribution in [0.1, 0.15) is 5.56 Å². The van der Waals surface area contributed by atoms with Crippen LogP contribution in [0.25, 0.3) is 5.70 Å². The lowest BCUT2D eigenvalue weighted by Gasteiger charge is -2.01. The zero-order valence-corrected chi connectivity index (χ0v) is 6.82. The maximum atomic E-state index is 8.60. The van der Waals surface area contributed by atoms with E-state index >= 15 is 0 Å². The number of methoxy groups -OCH3 is 1. The van der Waals surface area contributed by atoms with E-state index in [2.05, 4.69) is 0 Å². The summed E-state index contributed by atoms with van der Waals surface area (Å²) < 4.78 is 4.96. The Labute approximate surface area is 71.1 Å². The van der Waals surface area contributed by atoms with Gasteiger partial charge >= 0.3 is 0 Å². The lowest BCUT2D eigenvalue weighted by atomic mass is 10.2. The normalized spacial score (nSPS) is 11.2. The van der Waals surface area contributed by atoms with E-state index in [0.29, 0.717) is 5.70 Å². The Kier molecular flexibility index (Phi) is 2.58. The maximum Gasteiger partial charge on any atom is 0.118 e. The average Bonchev–Trinajstić information content (AvgIpc) is 2.17. The minimum Gasteiger partial charge on any atom is -0.513 e. The van der Waals surface area contributed by atoms with Crippen LogP contribution in [0.3, 0.4) is 0 Å². The van der Waals surface area contributed by atoms with E-state index in [1.54, 1.807) is 31.4 Å². The van der Waals surface area contributed by atoms with E-state index in [1.807, 2.05) is 0 Å². The van der Waals surface area contributed by atoms with E-state index < -0.39 is 0 Å². The third kappa shape index (κ3) is 1.69. The quantitative estimate of drug-likeness (QED) is 0.653. The molecule has 3 heteroatoms. The summed E-state index contributed by atoms with van der Waals surface area (Å²) in [5, 5.41) is 8.60. The zero-order valence-electron chi connectivity index (χ0n) is 6.82. The number of aliphatic hydroxyl groups is 1. The van der Waals surface area contributed by atoms with Crippen LogP contribution >= 0.6 is 0 Å². The van der Waals surface area contributed by atoms with Crippen molar-refractivity contribution < 1.29 is 9.84 Å². The molecule has 0 atom stereocenters. The highest BCUT2D eigenvalue weighted by Crippen LogP contribution is 2.14. The maximum absolute atomic E-state index is 8.60. The third-order valence-corrected chi connectivity index (χ3v) is 1.56. The monoisotopic (exact) mass is 165 g/mol. The molecule has 0 spiro atoms. The zero-order chi connectivity index (χ0) is 8.97. The molecular weight excluding hydrogens is 154 g/mol. The molecule has 0 bridgehead atoms. The largest absolute Gasteiger partial charge is 0.513 e. The predicted molar refractivity (Wildman–Crippen MR) is 47.8 cm³/mol. The summed E-state index contributed by atoms with van der Waals surface area (Å²) in [4.78, 5) is 0. The van der Waals surface area contributed by atoms with E-state index in [-0.39, 0.29) is 0 Å². The topological polar surface area (TPSA) is 55.5 Å². The van der Waals surface area contributed by atoms with Gasteiger partial charge in [0.25, 0.3) is 0 Å². The van der Waals surface area contributed by atoms with Gasteiger partial charge in [-0.05, 0) is 24.3 Å². The molecule has 3 nitrogen and oxygen atoms in total. The number of aliphatic hydroxyl groups excluding tert-OH is 1. The smallest absolute Gasteiger partial charge is 0.118 e. The molecule has 0 aromatic heterocycles. The lowest BCUT2D eigenvalue weighted by molar-refractivity contribution is 0.414. The SMILES string of the molecule is COc1ccc(/C(N)=C/O)cc1. The molecule has 0 saturated carbocycles. The van der Waals surface area contributed by atoms with Crippen molar-refractivity contribution in [3.8, 4) is 5.75 Å². The Morgan fingerprint density at radius 1 is 1.42 bits per heavy atom. The second-order valence-corrected chi connectivity index (χ2v) is 2.31. The summed E-state index contributed by atoms with van der Waals surface area (Å²) in [5.41, 5.74) is 6.58. The minimum absolute atomic E-state index is 0.345. The number of ether oxygens (including phenoxy) is 1. The third-order valence-electron chi connectivity index (χ3n) is 1.56. The molecule has 0 aliphatic carbocycles. The van der Waals surface area contributed by atoms with Crippen molar-refractivity contribution >= 4 is 5.70 Å². The first kappa shape index (κ1) is 8.46. The van der Waals surface area contributed by atoms with Crippen LogP contribution in [0.5, 0.6) is 5.75 Å². The van der Waals surface area contributed by atoms with Crippen molar-refractivity contribution in [3.63, 3.8) is 0 Å². The van der Waals surface area contributed by atoms with E-state index in [1.165, 1.54) is 0 Å². The van der Waals surface area contributed by atoms with Crippen LogP contribution in [0.4, 0.5) is 0 Å². The van der Waals surface area contributed by atoms with Gasteiger partial charge in [0.05, 0.1) is 12.8 Å². The van der Waals surface area contributed by atoms with E-state index in [9.17, 15) is 0 Å². The number of hydrogen-bond acceptors (Lipinski definition) is 3. The summed E-state index contributed by atoms with van der Waals surface area (Å²) in [6, 6.07) is 7.12. The average molecular weight is 165 g/mol. The van der Waals surface area contributed by atoms with Gasteiger partial charge < -0.3 is 15.6 Å². The molecule has 0 radical (unpaired) electrons. The van der Waals surface area contributed by atoms with Gasteiger partial charge in [-0.15, -0.1) is 0 Å². The van der Waals surface area contributed by atoms with Crippen LogP contribution in [0.15, 0.2) is 30.5 Å². The molecule has 12 heavy (non-hydrogen) atoms. The van der Waals surface area contributed by atoms with Gasteiger partial charge in [0, 0.05) is 5.56 Å². The van der Waals surface area contributed by atoms with Crippen molar-refractivity contribution in [1.29, 1.82) is 0 Å². The molecule has 0 aliphatic heterocycles. The first-order chi connectivity index (χ1) is 5.77. The van der Waals surface area contributed by atoms with Gasteiger partial charge in [-0.2, -0.15) is 0 Å².